The molecule has 0 unspecified atom stereocenters. The van der Waals surface area contributed by atoms with Gasteiger partial charge in [-0.25, -0.2) is 17.6 Å². The highest BCUT2D eigenvalue weighted by Gasteiger charge is 2.46. The molecule has 4 saturated carbocycles. The van der Waals surface area contributed by atoms with Gasteiger partial charge >= 0.3 is 0 Å². The predicted octanol–water partition coefficient (Wildman–Crippen LogP) is 15.1. The third kappa shape index (κ3) is 9.23. The highest BCUT2D eigenvalue weighted by Crippen LogP contribution is 2.54. The third-order valence-electron chi connectivity index (χ3n) is 15.1. The van der Waals surface area contributed by atoms with Crippen molar-refractivity contribution in [1.82, 2.24) is 0 Å². The van der Waals surface area contributed by atoms with Crippen molar-refractivity contribution in [3.05, 3.63) is 69.8 Å². The number of hydrogen-bond acceptors (Lipinski definition) is 1. The summed E-state index contributed by atoms with van der Waals surface area (Å²) in [5.41, 5.74) is 0.782. The van der Waals surface area contributed by atoms with Gasteiger partial charge in [0.25, 0.3) is 0 Å². The van der Waals surface area contributed by atoms with Gasteiger partial charge in [-0.05, 0) is 86.2 Å². The molecule has 0 bridgehead atoms. The van der Waals surface area contributed by atoms with Crippen LogP contribution in [-0.2, 0) is 28.8 Å². The minimum atomic E-state index is -0.845. The van der Waals surface area contributed by atoms with Gasteiger partial charge in [-0.2, -0.15) is 0 Å². The Morgan fingerprint density at radius 3 is 1.23 bits per heavy atom. The van der Waals surface area contributed by atoms with Crippen LogP contribution in [0.15, 0.2) is 24.3 Å². The van der Waals surface area contributed by atoms with Crippen molar-refractivity contribution in [1.29, 1.82) is 0 Å². The molecule has 0 radical (unpaired) electrons. The zero-order chi connectivity index (χ0) is 37.3. The van der Waals surface area contributed by atoms with Crippen LogP contribution in [0.4, 0.5) is 17.6 Å². The second kappa shape index (κ2) is 19.3. The largest absolute Gasteiger partial charge is 0.372 e. The molecule has 1 nitrogen and oxygen atoms in total. The molecule has 0 saturated heterocycles. The summed E-state index contributed by atoms with van der Waals surface area (Å²) in [6.07, 6.45) is 29.7. The minimum absolute atomic E-state index is 0.140. The van der Waals surface area contributed by atoms with E-state index in [4.69, 9.17) is 4.74 Å². The molecule has 0 spiro atoms. The standard InChI is InChI=1S/C48H70F4O/c1-3-5-9-15-35-17-23-39(24-18-35)47(29-11-7-12-30-47)41-27-21-37(43(49)45(41)51)33-53-34-38-22-28-42(46(52)44(38)50)48(31-13-8-14-32-48)40-25-19-36(20-26-40)16-10-6-4-2/h21-22,27-28,35-36,39-40H,3-20,23-26,29-34H2,1-2H3. The molecule has 2 aromatic rings. The molecule has 6 rings (SSSR count). The van der Waals surface area contributed by atoms with Crippen molar-refractivity contribution in [2.24, 2.45) is 23.7 Å². The van der Waals surface area contributed by atoms with E-state index in [0.717, 1.165) is 102 Å². The summed E-state index contributed by atoms with van der Waals surface area (Å²) in [5.74, 6) is -0.829. The Morgan fingerprint density at radius 2 is 0.868 bits per heavy atom. The van der Waals surface area contributed by atoms with Crippen molar-refractivity contribution in [2.45, 2.75) is 205 Å². The summed E-state index contributed by atoms with van der Waals surface area (Å²) in [5, 5.41) is 0. The van der Waals surface area contributed by atoms with E-state index in [9.17, 15) is 0 Å². The fourth-order valence-corrected chi connectivity index (χ4v) is 12.0. The summed E-state index contributed by atoms with van der Waals surface area (Å²) in [4.78, 5) is 0. The van der Waals surface area contributed by atoms with Crippen LogP contribution in [0, 0.1) is 46.9 Å². The number of unbranched alkanes of at least 4 members (excludes halogenated alkanes) is 4. The van der Waals surface area contributed by atoms with Crippen LogP contribution in [0.3, 0.4) is 0 Å². The van der Waals surface area contributed by atoms with Gasteiger partial charge in [0.2, 0.25) is 0 Å². The average Bonchev–Trinajstić information content (AvgIpc) is 3.19. The van der Waals surface area contributed by atoms with Crippen molar-refractivity contribution in [3.63, 3.8) is 0 Å². The zero-order valence-corrected chi connectivity index (χ0v) is 33.3. The fourth-order valence-electron chi connectivity index (χ4n) is 12.0. The van der Waals surface area contributed by atoms with Crippen LogP contribution in [0.1, 0.15) is 203 Å². The Kier molecular flexibility index (Phi) is 14.9. The Balaban J connectivity index is 1.11. The molecule has 296 valence electrons. The molecule has 0 N–H and O–H groups in total. The molecule has 4 aliphatic rings. The van der Waals surface area contributed by atoms with Gasteiger partial charge < -0.3 is 4.74 Å². The summed E-state index contributed by atoms with van der Waals surface area (Å²) >= 11 is 0. The molecule has 4 aliphatic carbocycles. The van der Waals surface area contributed by atoms with E-state index in [0.29, 0.717) is 23.0 Å². The maximum absolute atomic E-state index is 16.2. The van der Waals surface area contributed by atoms with E-state index in [1.165, 1.54) is 77.0 Å². The Morgan fingerprint density at radius 1 is 0.491 bits per heavy atom. The maximum Gasteiger partial charge on any atom is 0.164 e. The zero-order valence-electron chi connectivity index (χ0n) is 33.3. The minimum Gasteiger partial charge on any atom is -0.372 e. The lowest BCUT2D eigenvalue weighted by atomic mass is 9.57. The van der Waals surface area contributed by atoms with Crippen LogP contribution in [0.5, 0.6) is 0 Å². The Labute approximate surface area is 319 Å². The summed E-state index contributed by atoms with van der Waals surface area (Å²) in [6.45, 7) is 4.13. The van der Waals surface area contributed by atoms with Gasteiger partial charge in [0.05, 0.1) is 13.2 Å². The molecule has 0 heterocycles. The van der Waals surface area contributed by atoms with E-state index < -0.39 is 23.3 Å². The topological polar surface area (TPSA) is 9.23 Å². The molecule has 0 atom stereocenters. The van der Waals surface area contributed by atoms with E-state index >= 15 is 17.6 Å². The molecule has 5 heteroatoms. The van der Waals surface area contributed by atoms with Gasteiger partial charge in [0, 0.05) is 22.0 Å². The van der Waals surface area contributed by atoms with Crippen LogP contribution in [-0.4, -0.2) is 0 Å². The summed E-state index contributed by atoms with van der Waals surface area (Å²) in [7, 11) is 0. The average molecular weight is 739 g/mol. The molecular weight excluding hydrogens is 669 g/mol. The molecule has 4 fully saturated rings. The number of ether oxygens (including phenoxy) is 1. The number of halogens is 4. The van der Waals surface area contributed by atoms with Crippen LogP contribution < -0.4 is 0 Å². The van der Waals surface area contributed by atoms with Gasteiger partial charge in [-0.1, -0.05) is 154 Å². The first-order chi connectivity index (χ1) is 25.8. The normalized spacial score (nSPS) is 26.1. The first-order valence-corrected chi connectivity index (χ1v) is 22.4. The highest BCUT2D eigenvalue weighted by molar-refractivity contribution is 5.35. The van der Waals surface area contributed by atoms with E-state index in [2.05, 4.69) is 13.8 Å². The van der Waals surface area contributed by atoms with Gasteiger partial charge in [0.15, 0.2) is 23.3 Å². The number of benzene rings is 2. The van der Waals surface area contributed by atoms with Gasteiger partial charge in [0.1, 0.15) is 0 Å². The van der Waals surface area contributed by atoms with Crippen molar-refractivity contribution in [3.8, 4) is 0 Å². The highest BCUT2D eigenvalue weighted by atomic mass is 19.2. The maximum atomic E-state index is 16.2. The van der Waals surface area contributed by atoms with Crippen molar-refractivity contribution < 1.29 is 22.3 Å². The quantitative estimate of drug-likeness (QED) is 0.123. The van der Waals surface area contributed by atoms with E-state index in [1.54, 1.807) is 12.1 Å². The van der Waals surface area contributed by atoms with Crippen molar-refractivity contribution in [2.75, 3.05) is 0 Å². The molecule has 2 aromatic carbocycles. The Bertz CT molecular complexity index is 1320. The molecular formula is C48H70F4O. The lowest BCUT2D eigenvalue weighted by Gasteiger charge is -2.47. The van der Waals surface area contributed by atoms with Crippen LogP contribution >= 0.6 is 0 Å². The SMILES string of the molecule is CCCCCC1CCC(C2(c3ccc(COCc4ccc(C5(C6CCC(CCCCC)CC6)CCCCC5)c(F)c4F)c(F)c3F)CCCCC2)CC1. The lowest BCUT2D eigenvalue weighted by molar-refractivity contribution is 0.0995. The van der Waals surface area contributed by atoms with Gasteiger partial charge in [-0.3, -0.25) is 0 Å². The first-order valence-electron chi connectivity index (χ1n) is 22.4. The second-order valence-corrected chi connectivity index (χ2v) is 18.2. The van der Waals surface area contributed by atoms with E-state index in [1.807, 2.05) is 12.1 Å². The monoisotopic (exact) mass is 739 g/mol. The predicted molar refractivity (Wildman–Crippen MR) is 210 cm³/mol. The van der Waals surface area contributed by atoms with Gasteiger partial charge in [-0.15, -0.1) is 0 Å². The van der Waals surface area contributed by atoms with Crippen LogP contribution in [0.25, 0.3) is 0 Å². The smallest absolute Gasteiger partial charge is 0.164 e. The fraction of sp³-hybridized carbons (Fsp3) is 0.750. The molecule has 0 aromatic heterocycles. The summed E-state index contributed by atoms with van der Waals surface area (Å²) < 4.78 is 69.8. The molecule has 53 heavy (non-hydrogen) atoms. The van der Waals surface area contributed by atoms with E-state index in [-0.39, 0.29) is 35.2 Å². The Hall–Kier alpha value is -1.88. The first kappa shape index (κ1) is 40.8. The third-order valence-corrected chi connectivity index (χ3v) is 15.1. The molecule has 0 aliphatic heterocycles. The number of rotatable bonds is 16. The lowest BCUT2D eigenvalue weighted by Crippen LogP contribution is -2.40. The second-order valence-electron chi connectivity index (χ2n) is 18.2. The number of hydrogen-bond donors (Lipinski definition) is 0. The summed E-state index contributed by atoms with van der Waals surface area (Å²) in [6, 6.07) is 7.03. The van der Waals surface area contributed by atoms with Crippen LogP contribution in [0.2, 0.25) is 0 Å². The molecule has 0 amide bonds. The van der Waals surface area contributed by atoms with Crippen molar-refractivity contribution >= 4 is 0 Å².